The smallest absolute Gasteiger partial charge is 0.150 e. The summed E-state index contributed by atoms with van der Waals surface area (Å²) in [4.78, 5) is 4.41. The van der Waals surface area contributed by atoms with Gasteiger partial charge in [-0.2, -0.15) is 0 Å². The molecule has 1 aliphatic heterocycles. The molecule has 3 nitrogen and oxygen atoms in total. The predicted octanol–water partition coefficient (Wildman–Crippen LogP) is 2.31. The van der Waals surface area contributed by atoms with Crippen LogP contribution in [-0.2, 0) is 24.1 Å². The number of aromatic nitrogens is 2. The van der Waals surface area contributed by atoms with Gasteiger partial charge in [0.2, 0.25) is 0 Å². The summed E-state index contributed by atoms with van der Waals surface area (Å²) in [5, 5.41) is 0.688. The molecule has 2 heterocycles. The van der Waals surface area contributed by atoms with E-state index < -0.39 is 0 Å². The second-order valence-corrected chi connectivity index (χ2v) is 4.62. The summed E-state index contributed by atoms with van der Waals surface area (Å²) in [6.45, 7) is 4.03. The molecule has 0 saturated heterocycles. The van der Waals surface area contributed by atoms with Crippen LogP contribution in [0, 0.1) is 5.92 Å². The fourth-order valence-electron chi connectivity index (χ4n) is 2.13. The van der Waals surface area contributed by atoms with Crippen LogP contribution in [0.4, 0.5) is 0 Å². The minimum atomic E-state index is 0.688. The zero-order valence-corrected chi connectivity index (χ0v) is 10.0. The molecule has 2 rings (SSSR count). The number of halogens is 1. The Morgan fingerprint density at radius 3 is 3.13 bits per heavy atom. The van der Waals surface area contributed by atoms with Gasteiger partial charge in [0, 0.05) is 20.1 Å². The standard InChI is InChI=1S/C11H17ClN2O/c1-8-3-5-14-9(7-8)11(12)13-10(14)4-6-15-2/h8H,3-7H2,1-2H3. The first-order valence-electron chi connectivity index (χ1n) is 5.45. The van der Waals surface area contributed by atoms with Crippen molar-refractivity contribution < 1.29 is 4.74 Å². The van der Waals surface area contributed by atoms with Crippen LogP contribution in [0.3, 0.4) is 0 Å². The molecule has 1 atom stereocenters. The summed E-state index contributed by atoms with van der Waals surface area (Å²) >= 11 is 6.13. The van der Waals surface area contributed by atoms with Gasteiger partial charge >= 0.3 is 0 Å². The SMILES string of the molecule is COCCc1nc(Cl)c2n1CCC(C)C2. The molecule has 1 aromatic rings. The van der Waals surface area contributed by atoms with E-state index in [1.165, 1.54) is 12.1 Å². The first-order valence-corrected chi connectivity index (χ1v) is 5.83. The van der Waals surface area contributed by atoms with Crippen LogP contribution < -0.4 is 0 Å². The second-order valence-electron chi connectivity index (χ2n) is 4.26. The highest BCUT2D eigenvalue weighted by atomic mass is 35.5. The molecule has 1 unspecified atom stereocenters. The van der Waals surface area contributed by atoms with E-state index in [2.05, 4.69) is 16.5 Å². The molecule has 0 radical (unpaired) electrons. The molecule has 0 aromatic carbocycles. The third kappa shape index (κ3) is 2.18. The van der Waals surface area contributed by atoms with E-state index in [1.807, 2.05) is 0 Å². The Morgan fingerprint density at radius 1 is 1.60 bits per heavy atom. The summed E-state index contributed by atoms with van der Waals surface area (Å²) in [5.41, 5.74) is 1.21. The molecule has 0 spiro atoms. The fraction of sp³-hybridized carbons (Fsp3) is 0.727. The highest BCUT2D eigenvalue weighted by Gasteiger charge is 2.21. The minimum Gasteiger partial charge on any atom is -0.384 e. The molecule has 1 aromatic heterocycles. The highest BCUT2D eigenvalue weighted by Crippen LogP contribution is 2.27. The second kappa shape index (κ2) is 4.54. The number of methoxy groups -OCH3 is 1. The number of nitrogens with zero attached hydrogens (tertiary/aromatic N) is 2. The van der Waals surface area contributed by atoms with Crippen LogP contribution in [0.25, 0.3) is 0 Å². The first kappa shape index (κ1) is 11.0. The highest BCUT2D eigenvalue weighted by molar-refractivity contribution is 6.30. The topological polar surface area (TPSA) is 27.1 Å². The molecule has 84 valence electrons. The van der Waals surface area contributed by atoms with E-state index in [0.29, 0.717) is 11.8 Å². The van der Waals surface area contributed by atoms with Gasteiger partial charge in [0.15, 0.2) is 5.15 Å². The van der Waals surface area contributed by atoms with Gasteiger partial charge in [0.05, 0.1) is 12.3 Å². The summed E-state index contributed by atoms with van der Waals surface area (Å²) in [6.07, 6.45) is 3.13. The number of imidazole rings is 1. The summed E-state index contributed by atoms with van der Waals surface area (Å²) in [7, 11) is 1.71. The van der Waals surface area contributed by atoms with Crippen molar-refractivity contribution in [1.29, 1.82) is 0 Å². The van der Waals surface area contributed by atoms with Crippen molar-refractivity contribution in [3.05, 3.63) is 16.7 Å². The van der Waals surface area contributed by atoms with E-state index in [1.54, 1.807) is 7.11 Å². The number of ether oxygens (including phenoxy) is 1. The first-order chi connectivity index (χ1) is 7.22. The third-order valence-electron chi connectivity index (χ3n) is 3.02. The van der Waals surface area contributed by atoms with Crippen molar-refractivity contribution in [3.8, 4) is 0 Å². The van der Waals surface area contributed by atoms with Crippen LogP contribution in [0.5, 0.6) is 0 Å². The van der Waals surface area contributed by atoms with Gasteiger partial charge in [-0.1, -0.05) is 18.5 Å². The molecular formula is C11H17ClN2O. The van der Waals surface area contributed by atoms with Crippen LogP contribution in [-0.4, -0.2) is 23.3 Å². The maximum atomic E-state index is 6.13. The van der Waals surface area contributed by atoms with Crippen LogP contribution in [0.2, 0.25) is 5.15 Å². The summed E-state index contributed by atoms with van der Waals surface area (Å²) in [5.74, 6) is 1.80. The quantitative estimate of drug-likeness (QED) is 0.794. The third-order valence-corrected chi connectivity index (χ3v) is 3.32. The monoisotopic (exact) mass is 228 g/mol. The van der Waals surface area contributed by atoms with Crippen molar-refractivity contribution in [1.82, 2.24) is 9.55 Å². The van der Waals surface area contributed by atoms with Gasteiger partial charge in [-0.15, -0.1) is 0 Å². The lowest BCUT2D eigenvalue weighted by molar-refractivity contribution is 0.199. The van der Waals surface area contributed by atoms with E-state index >= 15 is 0 Å². The van der Waals surface area contributed by atoms with Crippen molar-refractivity contribution in [2.45, 2.75) is 32.7 Å². The molecule has 0 aliphatic carbocycles. The zero-order chi connectivity index (χ0) is 10.8. The largest absolute Gasteiger partial charge is 0.384 e. The molecule has 1 aliphatic rings. The molecule has 0 saturated carbocycles. The molecule has 0 amide bonds. The van der Waals surface area contributed by atoms with Crippen molar-refractivity contribution in [2.24, 2.45) is 5.92 Å². The maximum absolute atomic E-state index is 6.13. The average Bonchev–Trinajstić information content (AvgIpc) is 2.53. The van der Waals surface area contributed by atoms with E-state index in [0.717, 1.165) is 31.1 Å². The van der Waals surface area contributed by atoms with Crippen molar-refractivity contribution in [3.63, 3.8) is 0 Å². The van der Waals surface area contributed by atoms with Gasteiger partial charge in [-0.05, 0) is 18.8 Å². The molecule has 15 heavy (non-hydrogen) atoms. The fourth-order valence-corrected chi connectivity index (χ4v) is 2.41. The molecular weight excluding hydrogens is 212 g/mol. The average molecular weight is 229 g/mol. The summed E-state index contributed by atoms with van der Waals surface area (Å²) in [6, 6.07) is 0. The Balaban J connectivity index is 2.23. The van der Waals surface area contributed by atoms with Gasteiger partial charge in [-0.3, -0.25) is 0 Å². The molecule has 0 fully saturated rings. The van der Waals surface area contributed by atoms with E-state index in [-0.39, 0.29) is 0 Å². The normalized spacial score (nSPS) is 20.3. The lowest BCUT2D eigenvalue weighted by Gasteiger charge is -2.21. The Hall–Kier alpha value is -0.540. The number of hydrogen-bond acceptors (Lipinski definition) is 2. The Labute approximate surface area is 95.4 Å². The van der Waals surface area contributed by atoms with Crippen molar-refractivity contribution in [2.75, 3.05) is 13.7 Å². The molecule has 0 N–H and O–H groups in total. The van der Waals surface area contributed by atoms with Crippen LogP contribution in [0.1, 0.15) is 24.9 Å². The van der Waals surface area contributed by atoms with E-state index in [9.17, 15) is 0 Å². The van der Waals surface area contributed by atoms with Gasteiger partial charge in [0.1, 0.15) is 5.82 Å². The van der Waals surface area contributed by atoms with E-state index in [4.69, 9.17) is 16.3 Å². The van der Waals surface area contributed by atoms with Crippen molar-refractivity contribution >= 4 is 11.6 Å². The Kier molecular flexibility index (Phi) is 3.32. The number of rotatable bonds is 3. The van der Waals surface area contributed by atoms with Gasteiger partial charge < -0.3 is 9.30 Å². The van der Waals surface area contributed by atoms with Gasteiger partial charge in [0.25, 0.3) is 0 Å². The number of hydrogen-bond donors (Lipinski definition) is 0. The van der Waals surface area contributed by atoms with Gasteiger partial charge in [-0.25, -0.2) is 4.98 Å². The lowest BCUT2D eigenvalue weighted by Crippen LogP contribution is -2.19. The number of fused-ring (bicyclic) bond motifs is 1. The Morgan fingerprint density at radius 2 is 2.40 bits per heavy atom. The molecule has 0 bridgehead atoms. The predicted molar refractivity (Wildman–Crippen MR) is 60.3 cm³/mol. The van der Waals surface area contributed by atoms with Crippen LogP contribution in [0.15, 0.2) is 0 Å². The zero-order valence-electron chi connectivity index (χ0n) is 9.29. The Bertz CT molecular complexity index is 349. The maximum Gasteiger partial charge on any atom is 0.150 e. The van der Waals surface area contributed by atoms with Crippen LogP contribution >= 0.6 is 11.6 Å². The summed E-state index contributed by atoms with van der Waals surface area (Å²) < 4.78 is 7.34. The molecule has 4 heteroatoms. The minimum absolute atomic E-state index is 0.688. The lowest BCUT2D eigenvalue weighted by atomic mass is 9.98.